The molecule has 10 heteroatoms. The fourth-order valence-electron chi connectivity index (χ4n) is 5.14. The number of aliphatic imine (C=N–C) groups is 1. The first-order chi connectivity index (χ1) is 17.7. The molecule has 2 aromatic carbocycles. The molecule has 2 fully saturated rings. The zero-order chi connectivity index (χ0) is 26.0. The number of hydrogen-bond acceptors (Lipinski definition) is 4. The first kappa shape index (κ1) is 25.3. The van der Waals surface area contributed by atoms with Crippen LogP contribution in [0.2, 0.25) is 0 Å². The quantitative estimate of drug-likeness (QED) is 0.506. The van der Waals surface area contributed by atoms with Crippen LogP contribution in [0.5, 0.6) is 5.75 Å². The van der Waals surface area contributed by atoms with Crippen molar-refractivity contribution in [3.8, 4) is 5.75 Å². The molecule has 3 heterocycles. The van der Waals surface area contributed by atoms with Crippen molar-refractivity contribution in [1.82, 2.24) is 9.80 Å². The van der Waals surface area contributed by atoms with Crippen molar-refractivity contribution in [2.24, 2.45) is 10.9 Å². The molecule has 2 atom stereocenters. The average molecular weight is 518 g/mol. The van der Waals surface area contributed by atoms with Crippen molar-refractivity contribution in [2.75, 3.05) is 39.4 Å². The molecular formula is C27H27F4N3O3. The maximum atomic E-state index is 13.4. The lowest BCUT2D eigenvalue weighted by molar-refractivity contribution is -0.274. The van der Waals surface area contributed by atoms with Gasteiger partial charge in [-0.25, -0.2) is 9.18 Å². The molecule has 0 aliphatic carbocycles. The molecule has 0 spiro atoms. The Kier molecular flexibility index (Phi) is 7.19. The highest BCUT2D eigenvalue weighted by Gasteiger charge is 2.36. The van der Waals surface area contributed by atoms with Crippen LogP contribution in [0.4, 0.5) is 22.4 Å². The number of alkyl halides is 3. The van der Waals surface area contributed by atoms with Crippen molar-refractivity contribution in [1.29, 1.82) is 0 Å². The molecule has 3 aliphatic rings. The third kappa shape index (κ3) is 6.12. The van der Waals surface area contributed by atoms with Crippen LogP contribution >= 0.6 is 0 Å². The summed E-state index contributed by atoms with van der Waals surface area (Å²) in [4.78, 5) is 21.8. The van der Waals surface area contributed by atoms with E-state index in [1.165, 1.54) is 24.3 Å². The molecule has 196 valence electrons. The molecule has 2 aromatic rings. The minimum absolute atomic E-state index is 0.0240. The van der Waals surface area contributed by atoms with Crippen molar-refractivity contribution < 1.29 is 31.8 Å². The van der Waals surface area contributed by atoms with Gasteiger partial charge in [-0.05, 0) is 53.9 Å². The molecule has 2 amide bonds. The second-order valence-electron chi connectivity index (χ2n) is 9.44. The number of benzene rings is 2. The summed E-state index contributed by atoms with van der Waals surface area (Å²) in [6.45, 7) is 2.98. The molecule has 0 saturated carbocycles. The van der Waals surface area contributed by atoms with E-state index >= 15 is 0 Å². The van der Waals surface area contributed by atoms with Crippen LogP contribution in [-0.2, 0) is 4.74 Å². The van der Waals surface area contributed by atoms with E-state index in [-0.39, 0.29) is 29.4 Å². The van der Waals surface area contributed by atoms with Crippen molar-refractivity contribution >= 4 is 17.4 Å². The fraction of sp³-hybridized carbons (Fsp3) is 0.407. The molecule has 3 aliphatic heterocycles. The minimum atomic E-state index is -4.76. The van der Waals surface area contributed by atoms with Gasteiger partial charge in [-0.1, -0.05) is 18.2 Å². The van der Waals surface area contributed by atoms with E-state index in [1.807, 2.05) is 11.0 Å². The van der Waals surface area contributed by atoms with Crippen LogP contribution in [0.15, 0.2) is 59.6 Å². The number of hydrogen-bond donors (Lipinski definition) is 0. The third-order valence-corrected chi connectivity index (χ3v) is 6.97. The number of piperidine rings is 1. The number of rotatable bonds is 4. The second-order valence-corrected chi connectivity index (χ2v) is 9.44. The summed E-state index contributed by atoms with van der Waals surface area (Å²) in [5.41, 5.74) is 3.38. The Morgan fingerprint density at radius 3 is 2.30 bits per heavy atom. The van der Waals surface area contributed by atoms with Gasteiger partial charge >= 0.3 is 12.4 Å². The summed E-state index contributed by atoms with van der Waals surface area (Å²) in [5.74, 6) is -0.700. The van der Waals surface area contributed by atoms with Crippen molar-refractivity contribution in [3.63, 3.8) is 0 Å². The smallest absolute Gasteiger partial charge is 0.406 e. The molecule has 5 rings (SSSR count). The largest absolute Gasteiger partial charge is 0.573 e. The molecule has 2 saturated heterocycles. The van der Waals surface area contributed by atoms with E-state index in [0.29, 0.717) is 52.2 Å². The summed E-state index contributed by atoms with van der Waals surface area (Å²) in [5, 5.41) is 0. The molecule has 6 nitrogen and oxygen atoms in total. The van der Waals surface area contributed by atoms with Crippen LogP contribution in [0.25, 0.3) is 5.70 Å². The van der Waals surface area contributed by atoms with Crippen LogP contribution in [0.1, 0.15) is 29.9 Å². The molecule has 0 aromatic heterocycles. The summed E-state index contributed by atoms with van der Waals surface area (Å²) < 4.78 is 60.5. The number of nitrogens with zero attached hydrogens (tertiary/aromatic N) is 3. The van der Waals surface area contributed by atoms with Gasteiger partial charge in [0, 0.05) is 50.1 Å². The number of carbonyl (C=O) groups excluding carboxylic acids is 1. The Balaban J connectivity index is 1.37. The number of allylic oxidation sites excluding steroid dienone is 1. The predicted octanol–water partition coefficient (Wildman–Crippen LogP) is 5.47. The van der Waals surface area contributed by atoms with Crippen LogP contribution in [-0.4, -0.2) is 67.3 Å². The predicted molar refractivity (Wildman–Crippen MR) is 130 cm³/mol. The number of morpholine rings is 1. The molecule has 37 heavy (non-hydrogen) atoms. The number of ether oxygens (including phenoxy) is 2. The molecular weight excluding hydrogens is 490 g/mol. The lowest BCUT2D eigenvalue weighted by atomic mass is 9.82. The highest BCUT2D eigenvalue weighted by molar-refractivity contribution is 5.97. The minimum Gasteiger partial charge on any atom is -0.406 e. The van der Waals surface area contributed by atoms with Gasteiger partial charge in [0.05, 0.1) is 18.9 Å². The van der Waals surface area contributed by atoms with Gasteiger partial charge in [0.2, 0.25) is 0 Å². The zero-order valence-corrected chi connectivity index (χ0v) is 20.1. The fourth-order valence-corrected chi connectivity index (χ4v) is 5.14. The van der Waals surface area contributed by atoms with Gasteiger partial charge in [-0.15, -0.1) is 13.2 Å². The maximum Gasteiger partial charge on any atom is 0.573 e. The third-order valence-electron chi connectivity index (χ3n) is 6.97. The summed E-state index contributed by atoms with van der Waals surface area (Å²) in [6.07, 6.45) is -1.42. The second kappa shape index (κ2) is 10.5. The van der Waals surface area contributed by atoms with E-state index in [0.717, 1.165) is 22.5 Å². The first-order valence-corrected chi connectivity index (χ1v) is 12.3. The van der Waals surface area contributed by atoms with Gasteiger partial charge in [-0.2, -0.15) is 0 Å². The lowest BCUT2D eigenvalue weighted by Crippen LogP contribution is -2.53. The standard InChI is InChI=1S/C27H27F4N3O3/c28-22-5-1-19(2-6-22)24-9-10-25(32-24)21-15-20(18-3-7-23(8-4-18)37-27(29,30)31)16-34(17-21)26(35)33-11-13-36-14-12-33/h1-9,20-21H,10-17H2. The van der Waals surface area contributed by atoms with Crippen LogP contribution in [0, 0.1) is 11.7 Å². The van der Waals surface area contributed by atoms with Gasteiger partial charge in [0.1, 0.15) is 11.6 Å². The lowest BCUT2D eigenvalue weighted by Gasteiger charge is -2.41. The number of halogens is 4. The first-order valence-electron chi connectivity index (χ1n) is 12.3. The Hall–Kier alpha value is -3.40. The van der Waals surface area contributed by atoms with E-state index in [1.54, 1.807) is 29.2 Å². The molecule has 0 N–H and O–H groups in total. The van der Waals surface area contributed by atoms with Crippen LogP contribution < -0.4 is 4.74 Å². The number of urea groups is 1. The van der Waals surface area contributed by atoms with E-state index in [2.05, 4.69) is 4.74 Å². The summed E-state index contributed by atoms with van der Waals surface area (Å²) >= 11 is 0. The van der Waals surface area contributed by atoms with Gasteiger partial charge < -0.3 is 19.3 Å². The van der Waals surface area contributed by atoms with Crippen LogP contribution in [0.3, 0.4) is 0 Å². The molecule has 0 bridgehead atoms. The Morgan fingerprint density at radius 2 is 1.62 bits per heavy atom. The Morgan fingerprint density at radius 1 is 0.946 bits per heavy atom. The zero-order valence-electron chi connectivity index (χ0n) is 20.1. The maximum absolute atomic E-state index is 13.4. The average Bonchev–Trinajstić information content (AvgIpc) is 3.39. The summed E-state index contributed by atoms with van der Waals surface area (Å²) in [6, 6.07) is 12.0. The number of amides is 2. The van der Waals surface area contributed by atoms with Gasteiger partial charge in [0.25, 0.3) is 0 Å². The normalized spacial score (nSPS) is 22.5. The monoisotopic (exact) mass is 517 g/mol. The number of carbonyl (C=O) groups is 1. The Labute approximate surface area is 212 Å². The number of likely N-dealkylation sites (tertiary alicyclic amines) is 1. The van der Waals surface area contributed by atoms with Gasteiger partial charge in [0.15, 0.2) is 0 Å². The SMILES string of the molecule is O=C(N1CCOCC1)N1CC(C2=NC(c3ccc(F)cc3)=CC2)CC(c2ccc(OC(F)(F)F)cc2)C1. The van der Waals surface area contributed by atoms with Gasteiger partial charge in [-0.3, -0.25) is 4.99 Å². The van der Waals surface area contributed by atoms with E-state index in [9.17, 15) is 22.4 Å². The highest BCUT2D eigenvalue weighted by atomic mass is 19.4. The highest BCUT2D eigenvalue weighted by Crippen LogP contribution is 2.36. The van der Waals surface area contributed by atoms with Crippen molar-refractivity contribution in [2.45, 2.75) is 25.1 Å². The summed E-state index contributed by atoms with van der Waals surface area (Å²) in [7, 11) is 0. The Bertz CT molecular complexity index is 1170. The van der Waals surface area contributed by atoms with E-state index < -0.39 is 6.36 Å². The molecule has 2 unspecified atom stereocenters. The van der Waals surface area contributed by atoms with E-state index in [4.69, 9.17) is 9.73 Å². The van der Waals surface area contributed by atoms with Crippen molar-refractivity contribution in [3.05, 3.63) is 71.6 Å². The topological polar surface area (TPSA) is 54.4 Å². The molecule has 0 radical (unpaired) electrons.